The van der Waals surface area contributed by atoms with Crippen molar-refractivity contribution in [1.82, 2.24) is 20.1 Å². The average molecular weight is 382 g/mol. The molecule has 0 spiro atoms. The molecule has 3 rings (SSSR count). The van der Waals surface area contributed by atoms with E-state index in [-0.39, 0.29) is 0 Å². The summed E-state index contributed by atoms with van der Waals surface area (Å²) in [6.07, 6.45) is 2.78. The summed E-state index contributed by atoms with van der Waals surface area (Å²) in [6, 6.07) is 12.4. The van der Waals surface area contributed by atoms with Crippen molar-refractivity contribution < 1.29 is 5.11 Å². The standard InChI is InChI=1S/C22H31N5O/c1-3-24-22(25-16-21(28)20-7-9-23-10-8-20)27-13-11-26(12-14-27)17-19-6-4-5-18(2)15-19/h4-10,15,21,28H,3,11-14,16-17H2,1-2H3,(H,24,25). The first-order valence-electron chi connectivity index (χ1n) is 10.0. The number of aromatic nitrogens is 1. The Morgan fingerprint density at radius 2 is 1.93 bits per heavy atom. The lowest BCUT2D eigenvalue weighted by molar-refractivity contribution is 0.169. The maximum atomic E-state index is 10.4. The van der Waals surface area contributed by atoms with Crippen LogP contribution in [0.1, 0.15) is 29.7 Å². The van der Waals surface area contributed by atoms with E-state index >= 15 is 0 Å². The topological polar surface area (TPSA) is 64.0 Å². The molecule has 150 valence electrons. The SMILES string of the molecule is CCNC(=NCC(O)c1ccncc1)N1CCN(Cc2cccc(C)c2)CC1. The molecule has 1 fully saturated rings. The van der Waals surface area contributed by atoms with Gasteiger partial charge in [-0.2, -0.15) is 0 Å². The lowest BCUT2D eigenvalue weighted by Gasteiger charge is -2.36. The molecule has 1 saturated heterocycles. The van der Waals surface area contributed by atoms with Gasteiger partial charge in [0.15, 0.2) is 5.96 Å². The van der Waals surface area contributed by atoms with Gasteiger partial charge >= 0.3 is 0 Å². The van der Waals surface area contributed by atoms with Gasteiger partial charge in [0.05, 0.1) is 12.6 Å². The van der Waals surface area contributed by atoms with Crippen molar-refractivity contribution in [3.63, 3.8) is 0 Å². The van der Waals surface area contributed by atoms with Crippen molar-refractivity contribution in [3.05, 3.63) is 65.5 Å². The summed E-state index contributed by atoms with van der Waals surface area (Å²) in [7, 11) is 0. The number of rotatable bonds is 6. The van der Waals surface area contributed by atoms with Crippen LogP contribution in [0.15, 0.2) is 53.8 Å². The van der Waals surface area contributed by atoms with Gasteiger partial charge in [-0.15, -0.1) is 0 Å². The Kier molecular flexibility index (Phi) is 7.39. The van der Waals surface area contributed by atoms with Crippen molar-refractivity contribution in [2.45, 2.75) is 26.5 Å². The monoisotopic (exact) mass is 381 g/mol. The summed E-state index contributed by atoms with van der Waals surface area (Å²) in [6.45, 7) is 10.2. The number of aliphatic hydroxyl groups excluding tert-OH is 1. The molecule has 0 saturated carbocycles. The fourth-order valence-corrected chi connectivity index (χ4v) is 3.48. The lowest BCUT2D eigenvalue weighted by Crippen LogP contribution is -2.52. The first-order valence-corrected chi connectivity index (χ1v) is 10.0. The highest BCUT2D eigenvalue weighted by Gasteiger charge is 2.20. The molecule has 1 aromatic heterocycles. The molecule has 1 atom stereocenters. The van der Waals surface area contributed by atoms with Crippen LogP contribution in [0, 0.1) is 6.92 Å². The third-order valence-corrected chi connectivity index (χ3v) is 5.00. The molecule has 0 amide bonds. The van der Waals surface area contributed by atoms with Gasteiger partial charge in [-0.3, -0.25) is 14.9 Å². The molecular weight excluding hydrogens is 350 g/mol. The van der Waals surface area contributed by atoms with E-state index in [1.54, 1.807) is 12.4 Å². The van der Waals surface area contributed by atoms with Crippen LogP contribution >= 0.6 is 0 Å². The largest absolute Gasteiger partial charge is 0.386 e. The Morgan fingerprint density at radius 3 is 2.61 bits per heavy atom. The zero-order chi connectivity index (χ0) is 19.8. The first kappa shape index (κ1) is 20.3. The van der Waals surface area contributed by atoms with Gasteiger partial charge in [0.1, 0.15) is 0 Å². The predicted molar refractivity (Wildman–Crippen MR) is 113 cm³/mol. The Bertz CT molecular complexity index is 757. The zero-order valence-corrected chi connectivity index (χ0v) is 16.9. The van der Waals surface area contributed by atoms with Gasteiger partial charge in [0.25, 0.3) is 0 Å². The maximum absolute atomic E-state index is 10.4. The minimum absolute atomic E-state index is 0.343. The molecule has 0 radical (unpaired) electrons. The van der Waals surface area contributed by atoms with Crippen molar-refractivity contribution in [2.75, 3.05) is 39.3 Å². The summed E-state index contributed by atoms with van der Waals surface area (Å²) in [4.78, 5) is 13.4. The lowest BCUT2D eigenvalue weighted by atomic mass is 10.1. The number of aliphatic imine (C=N–C) groups is 1. The summed E-state index contributed by atoms with van der Waals surface area (Å²) < 4.78 is 0. The number of hydrogen-bond donors (Lipinski definition) is 2. The average Bonchev–Trinajstić information content (AvgIpc) is 2.72. The van der Waals surface area contributed by atoms with Gasteiger partial charge in [-0.05, 0) is 37.1 Å². The van der Waals surface area contributed by atoms with Crippen molar-refractivity contribution in [2.24, 2.45) is 4.99 Å². The Morgan fingerprint density at radius 1 is 1.18 bits per heavy atom. The molecule has 0 bridgehead atoms. The maximum Gasteiger partial charge on any atom is 0.194 e. The zero-order valence-electron chi connectivity index (χ0n) is 16.9. The molecule has 2 heterocycles. The van der Waals surface area contributed by atoms with E-state index in [4.69, 9.17) is 0 Å². The smallest absolute Gasteiger partial charge is 0.194 e. The van der Waals surface area contributed by atoms with E-state index in [0.29, 0.717) is 6.54 Å². The highest BCUT2D eigenvalue weighted by molar-refractivity contribution is 5.80. The Labute approximate surface area is 167 Å². The fraction of sp³-hybridized carbons (Fsp3) is 0.455. The molecular formula is C22H31N5O. The van der Waals surface area contributed by atoms with Crippen molar-refractivity contribution >= 4 is 5.96 Å². The molecule has 1 unspecified atom stereocenters. The normalized spacial score (nSPS) is 16.8. The number of guanidine groups is 1. The van der Waals surface area contributed by atoms with Crippen LogP contribution in [0.5, 0.6) is 0 Å². The quantitative estimate of drug-likeness (QED) is 0.593. The van der Waals surface area contributed by atoms with Crippen LogP contribution in [0.4, 0.5) is 0 Å². The van der Waals surface area contributed by atoms with Crippen LogP contribution in [0.3, 0.4) is 0 Å². The van der Waals surface area contributed by atoms with E-state index < -0.39 is 6.10 Å². The second-order valence-corrected chi connectivity index (χ2v) is 7.24. The molecule has 1 aromatic carbocycles. The summed E-state index contributed by atoms with van der Waals surface area (Å²) >= 11 is 0. The van der Waals surface area contributed by atoms with E-state index in [1.165, 1.54) is 11.1 Å². The van der Waals surface area contributed by atoms with Crippen molar-refractivity contribution in [3.8, 4) is 0 Å². The summed E-state index contributed by atoms with van der Waals surface area (Å²) in [5.74, 6) is 0.880. The molecule has 1 aliphatic heterocycles. The number of hydrogen-bond acceptors (Lipinski definition) is 4. The van der Waals surface area contributed by atoms with Gasteiger partial charge in [0, 0.05) is 51.7 Å². The molecule has 6 heteroatoms. The van der Waals surface area contributed by atoms with Gasteiger partial charge < -0.3 is 15.3 Å². The molecule has 6 nitrogen and oxygen atoms in total. The van der Waals surface area contributed by atoms with Crippen molar-refractivity contribution in [1.29, 1.82) is 0 Å². The number of piperazine rings is 1. The second kappa shape index (κ2) is 10.2. The number of pyridine rings is 1. The third kappa shape index (κ3) is 5.78. The minimum atomic E-state index is -0.612. The predicted octanol–water partition coefficient (Wildman–Crippen LogP) is 2.21. The minimum Gasteiger partial charge on any atom is -0.386 e. The van der Waals surface area contributed by atoms with E-state index in [0.717, 1.165) is 50.8 Å². The molecule has 2 N–H and O–H groups in total. The Hall–Kier alpha value is -2.44. The van der Waals surface area contributed by atoms with Gasteiger partial charge in [-0.25, -0.2) is 0 Å². The number of aryl methyl sites for hydroxylation is 1. The third-order valence-electron chi connectivity index (χ3n) is 5.00. The van der Waals surface area contributed by atoms with Gasteiger partial charge in [-0.1, -0.05) is 29.8 Å². The van der Waals surface area contributed by atoms with Crippen LogP contribution in [-0.2, 0) is 6.54 Å². The molecule has 2 aromatic rings. The molecule has 1 aliphatic rings. The van der Waals surface area contributed by atoms with E-state index in [2.05, 4.69) is 63.2 Å². The number of benzene rings is 1. The van der Waals surface area contributed by atoms with Crippen LogP contribution in [-0.4, -0.2) is 65.1 Å². The highest BCUT2D eigenvalue weighted by atomic mass is 16.3. The number of nitrogens with zero attached hydrogens (tertiary/aromatic N) is 4. The summed E-state index contributed by atoms with van der Waals surface area (Å²) in [5.41, 5.74) is 3.53. The first-order chi connectivity index (χ1) is 13.7. The van der Waals surface area contributed by atoms with Crippen LogP contribution < -0.4 is 5.32 Å². The highest BCUT2D eigenvalue weighted by Crippen LogP contribution is 2.13. The molecule has 28 heavy (non-hydrogen) atoms. The number of aliphatic hydroxyl groups is 1. The Balaban J connectivity index is 1.55. The summed E-state index contributed by atoms with van der Waals surface area (Å²) in [5, 5.41) is 13.7. The fourth-order valence-electron chi connectivity index (χ4n) is 3.48. The van der Waals surface area contributed by atoms with Gasteiger partial charge in [0.2, 0.25) is 0 Å². The molecule has 0 aliphatic carbocycles. The van der Waals surface area contributed by atoms with E-state index in [1.807, 2.05) is 12.1 Å². The van der Waals surface area contributed by atoms with Crippen LogP contribution in [0.25, 0.3) is 0 Å². The van der Waals surface area contributed by atoms with E-state index in [9.17, 15) is 5.11 Å². The number of nitrogens with one attached hydrogen (secondary N) is 1. The van der Waals surface area contributed by atoms with Crippen LogP contribution in [0.2, 0.25) is 0 Å². The second-order valence-electron chi connectivity index (χ2n) is 7.24.